The van der Waals surface area contributed by atoms with Crippen LogP contribution in [0.5, 0.6) is 0 Å². The summed E-state index contributed by atoms with van der Waals surface area (Å²) in [6.45, 7) is 1.60. The van der Waals surface area contributed by atoms with Gasteiger partial charge in [-0.2, -0.15) is 9.57 Å². The summed E-state index contributed by atoms with van der Waals surface area (Å²) in [5.74, 6) is 0. The van der Waals surface area contributed by atoms with Gasteiger partial charge < -0.3 is 5.11 Å². The highest BCUT2D eigenvalue weighted by molar-refractivity contribution is 7.89. The Morgan fingerprint density at radius 2 is 2.17 bits per heavy atom. The van der Waals surface area contributed by atoms with E-state index in [-0.39, 0.29) is 30.2 Å². The molecule has 1 aromatic rings. The Labute approximate surface area is 111 Å². The van der Waals surface area contributed by atoms with Crippen LogP contribution >= 0.6 is 11.6 Å². The molecule has 0 saturated heterocycles. The molecule has 0 heterocycles. The van der Waals surface area contributed by atoms with Gasteiger partial charge in [0.1, 0.15) is 11.0 Å². The third-order valence-corrected chi connectivity index (χ3v) is 4.65. The van der Waals surface area contributed by atoms with E-state index in [1.165, 1.54) is 18.2 Å². The topological polar surface area (TPSA) is 81.4 Å². The molecule has 7 heteroatoms. The van der Waals surface area contributed by atoms with Gasteiger partial charge in [-0.25, -0.2) is 8.42 Å². The molecule has 0 aliphatic rings. The highest BCUT2D eigenvalue weighted by Crippen LogP contribution is 2.22. The molecule has 18 heavy (non-hydrogen) atoms. The van der Waals surface area contributed by atoms with Crippen LogP contribution in [0, 0.1) is 11.3 Å². The number of likely N-dealkylation sites (N-methyl/N-ethyl adjacent to an activating group) is 1. The van der Waals surface area contributed by atoms with Crippen molar-refractivity contribution in [2.24, 2.45) is 0 Å². The van der Waals surface area contributed by atoms with Crippen LogP contribution in [0.2, 0.25) is 5.02 Å². The maximum absolute atomic E-state index is 12.3. The number of sulfonamides is 1. The molecule has 0 aliphatic carbocycles. The fourth-order valence-corrected chi connectivity index (χ4v) is 3.25. The predicted octanol–water partition coefficient (Wildman–Crippen LogP) is 1.21. The van der Waals surface area contributed by atoms with Gasteiger partial charge in [0.15, 0.2) is 0 Å². The van der Waals surface area contributed by atoms with Crippen LogP contribution in [0.1, 0.15) is 12.5 Å². The molecule has 0 aliphatic heterocycles. The minimum absolute atomic E-state index is 0.00103. The first kappa shape index (κ1) is 14.9. The molecule has 0 fully saturated rings. The fraction of sp³-hybridized carbons (Fsp3) is 0.364. The normalized spacial score (nSPS) is 11.5. The van der Waals surface area contributed by atoms with E-state index in [0.717, 1.165) is 4.31 Å². The van der Waals surface area contributed by atoms with Crippen LogP contribution in [-0.2, 0) is 10.0 Å². The molecule has 0 spiro atoms. The first-order valence-corrected chi connectivity index (χ1v) is 7.09. The van der Waals surface area contributed by atoms with E-state index in [9.17, 15) is 8.42 Å². The summed E-state index contributed by atoms with van der Waals surface area (Å²) in [6.07, 6.45) is 0. The molecular weight excluding hydrogens is 276 g/mol. The van der Waals surface area contributed by atoms with Gasteiger partial charge in [-0.05, 0) is 18.2 Å². The largest absolute Gasteiger partial charge is 0.395 e. The second kappa shape index (κ2) is 6.16. The van der Waals surface area contributed by atoms with Gasteiger partial charge in [0.25, 0.3) is 0 Å². The summed E-state index contributed by atoms with van der Waals surface area (Å²) < 4.78 is 25.6. The molecule has 0 aromatic heterocycles. The second-order valence-corrected chi connectivity index (χ2v) is 5.82. The Morgan fingerprint density at radius 1 is 1.50 bits per heavy atom. The molecule has 0 unspecified atom stereocenters. The number of aliphatic hydroxyl groups is 1. The van der Waals surface area contributed by atoms with E-state index in [2.05, 4.69) is 0 Å². The fourth-order valence-electron chi connectivity index (χ4n) is 1.51. The third-order valence-electron chi connectivity index (χ3n) is 2.38. The van der Waals surface area contributed by atoms with Gasteiger partial charge >= 0.3 is 0 Å². The average Bonchev–Trinajstić information content (AvgIpc) is 2.35. The van der Waals surface area contributed by atoms with E-state index in [1.54, 1.807) is 6.92 Å². The summed E-state index contributed by atoms with van der Waals surface area (Å²) in [6, 6.07) is 5.84. The van der Waals surface area contributed by atoms with E-state index < -0.39 is 10.0 Å². The standard InChI is InChI=1S/C11H13ClN2O3S/c1-2-14(5-6-15)18(16,17)11-4-3-10(12)7-9(11)8-13/h3-4,7,15H,2,5-6H2,1H3. The molecule has 0 bridgehead atoms. The maximum Gasteiger partial charge on any atom is 0.244 e. The van der Waals surface area contributed by atoms with Crippen molar-refractivity contribution in [1.29, 1.82) is 5.26 Å². The van der Waals surface area contributed by atoms with Gasteiger partial charge in [-0.3, -0.25) is 0 Å². The first-order valence-electron chi connectivity index (χ1n) is 5.28. The summed E-state index contributed by atoms with van der Waals surface area (Å²) in [5, 5.41) is 18.1. The Balaban J connectivity index is 3.32. The number of aliphatic hydroxyl groups excluding tert-OH is 1. The number of hydrogen-bond donors (Lipinski definition) is 1. The summed E-state index contributed by atoms with van der Waals surface area (Å²) in [4.78, 5) is -0.0929. The molecule has 98 valence electrons. The van der Waals surface area contributed by atoms with Crippen LogP contribution in [0.3, 0.4) is 0 Å². The average molecular weight is 289 g/mol. The van der Waals surface area contributed by atoms with Gasteiger partial charge in [-0.1, -0.05) is 18.5 Å². The predicted molar refractivity (Wildman–Crippen MR) is 67.7 cm³/mol. The van der Waals surface area contributed by atoms with Crippen molar-refractivity contribution in [1.82, 2.24) is 4.31 Å². The highest BCUT2D eigenvalue weighted by Gasteiger charge is 2.25. The van der Waals surface area contributed by atoms with Crippen molar-refractivity contribution in [3.8, 4) is 6.07 Å². The molecule has 1 N–H and O–H groups in total. The number of nitrogens with zero attached hydrogens (tertiary/aromatic N) is 2. The van der Waals surface area contributed by atoms with Gasteiger partial charge in [0.05, 0.1) is 12.2 Å². The summed E-state index contributed by atoms with van der Waals surface area (Å²) in [5.41, 5.74) is -0.00103. The zero-order chi connectivity index (χ0) is 13.8. The van der Waals surface area contributed by atoms with Crippen LogP contribution in [-0.4, -0.2) is 37.5 Å². The summed E-state index contributed by atoms with van der Waals surface area (Å²) >= 11 is 5.72. The van der Waals surface area contributed by atoms with E-state index in [4.69, 9.17) is 22.0 Å². The Kier molecular flexibility index (Phi) is 5.11. The van der Waals surface area contributed by atoms with Gasteiger partial charge in [0.2, 0.25) is 10.0 Å². The first-order chi connectivity index (χ1) is 8.47. The monoisotopic (exact) mass is 288 g/mol. The van der Waals surface area contributed by atoms with E-state index in [0.29, 0.717) is 5.02 Å². The lowest BCUT2D eigenvalue weighted by molar-refractivity contribution is 0.257. The third kappa shape index (κ3) is 3.00. The van der Waals surface area contributed by atoms with Crippen LogP contribution in [0.25, 0.3) is 0 Å². The molecule has 5 nitrogen and oxygen atoms in total. The van der Waals surface area contributed by atoms with Crippen molar-refractivity contribution in [2.45, 2.75) is 11.8 Å². The van der Waals surface area contributed by atoms with Crippen molar-refractivity contribution in [2.75, 3.05) is 19.7 Å². The number of benzene rings is 1. The van der Waals surface area contributed by atoms with Gasteiger partial charge in [-0.15, -0.1) is 0 Å². The van der Waals surface area contributed by atoms with E-state index in [1.807, 2.05) is 6.07 Å². The molecule has 0 radical (unpaired) electrons. The van der Waals surface area contributed by atoms with Crippen molar-refractivity contribution < 1.29 is 13.5 Å². The zero-order valence-corrected chi connectivity index (χ0v) is 11.4. The van der Waals surface area contributed by atoms with Crippen molar-refractivity contribution in [3.63, 3.8) is 0 Å². The van der Waals surface area contributed by atoms with Crippen molar-refractivity contribution >= 4 is 21.6 Å². The van der Waals surface area contributed by atoms with E-state index >= 15 is 0 Å². The Hall–Kier alpha value is -1.13. The zero-order valence-electron chi connectivity index (χ0n) is 9.80. The summed E-state index contributed by atoms with van der Waals surface area (Å²) in [7, 11) is -3.78. The molecule has 0 saturated carbocycles. The SMILES string of the molecule is CCN(CCO)S(=O)(=O)c1ccc(Cl)cc1C#N. The quantitative estimate of drug-likeness (QED) is 0.883. The lowest BCUT2D eigenvalue weighted by Gasteiger charge is -2.19. The van der Waals surface area contributed by atoms with Crippen LogP contribution in [0.4, 0.5) is 0 Å². The van der Waals surface area contributed by atoms with Crippen molar-refractivity contribution in [3.05, 3.63) is 28.8 Å². The van der Waals surface area contributed by atoms with Crippen LogP contribution < -0.4 is 0 Å². The molecule has 1 aromatic carbocycles. The highest BCUT2D eigenvalue weighted by atomic mass is 35.5. The Bertz CT molecular complexity index is 566. The van der Waals surface area contributed by atoms with Crippen LogP contribution in [0.15, 0.2) is 23.1 Å². The molecule has 0 atom stereocenters. The lowest BCUT2D eigenvalue weighted by Crippen LogP contribution is -2.33. The molecule has 0 amide bonds. The lowest BCUT2D eigenvalue weighted by atomic mass is 10.2. The number of halogens is 1. The van der Waals surface area contributed by atoms with Gasteiger partial charge in [0, 0.05) is 18.1 Å². The number of rotatable bonds is 5. The minimum Gasteiger partial charge on any atom is -0.395 e. The molecule has 1 rings (SSSR count). The maximum atomic E-state index is 12.3. The smallest absolute Gasteiger partial charge is 0.244 e. The minimum atomic E-state index is -3.78. The Morgan fingerprint density at radius 3 is 2.67 bits per heavy atom. The number of hydrogen-bond acceptors (Lipinski definition) is 4. The second-order valence-electron chi connectivity index (χ2n) is 3.47. The number of nitriles is 1. The molecular formula is C11H13ClN2O3S.